The number of amides is 2. The first kappa shape index (κ1) is 35.5. The van der Waals surface area contributed by atoms with Crippen LogP contribution >= 0.6 is 11.6 Å². The van der Waals surface area contributed by atoms with Crippen LogP contribution < -0.4 is 14.4 Å². The highest BCUT2D eigenvalue weighted by Gasteiger charge is 2.45. The molecular formula is C37H49ClN4O6S. The number of rotatable bonds is 3. The molecule has 2 aromatic rings. The molecule has 0 aromatic heterocycles. The van der Waals surface area contributed by atoms with Gasteiger partial charge in [-0.1, -0.05) is 30.7 Å². The van der Waals surface area contributed by atoms with Gasteiger partial charge in [-0.2, -0.15) is 0 Å². The second kappa shape index (κ2) is 13.8. The van der Waals surface area contributed by atoms with Gasteiger partial charge in [0.15, 0.2) is 0 Å². The minimum Gasteiger partial charge on any atom is -0.490 e. The van der Waals surface area contributed by atoms with E-state index in [4.69, 9.17) is 21.1 Å². The van der Waals surface area contributed by atoms with Crippen LogP contribution in [0.25, 0.3) is 0 Å². The van der Waals surface area contributed by atoms with Crippen LogP contribution in [-0.2, 0) is 31.4 Å². The summed E-state index contributed by atoms with van der Waals surface area (Å²) in [5.74, 6) is 0.231. The number of halogens is 1. The predicted octanol–water partition coefficient (Wildman–Crippen LogP) is 5.77. The number of anilines is 1. The van der Waals surface area contributed by atoms with E-state index in [9.17, 15) is 18.0 Å². The largest absolute Gasteiger partial charge is 0.490 e. The van der Waals surface area contributed by atoms with Crippen molar-refractivity contribution in [2.24, 2.45) is 11.8 Å². The number of hydrogen-bond donors (Lipinski definition) is 1. The van der Waals surface area contributed by atoms with Crippen molar-refractivity contribution in [1.82, 2.24) is 14.5 Å². The summed E-state index contributed by atoms with van der Waals surface area (Å²) in [6.07, 6.45) is 8.49. The van der Waals surface area contributed by atoms with Crippen molar-refractivity contribution in [1.29, 1.82) is 0 Å². The van der Waals surface area contributed by atoms with E-state index in [-0.39, 0.29) is 22.1 Å². The van der Waals surface area contributed by atoms with Gasteiger partial charge in [0.1, 0.15) is 11.9 Å². The highest BCUT2D eigenvalue weighted by atomic mass is 35.5. The Morgan fingerprint density at radius 2 is 1.96 bits per heavy atom. The molecule has 10 nitrogen and oxygen atoms in total. The number of nitrogens with one attached hydrogen (secondary N) is 1. The van der Waals surface area contributed by atoms with Crippen molar-refractivity contribution < 1.29 is 27.5 Å². The zero-order chi connectivity index (χ0) is 35.1. The third-order valence-corrected chi connectivity index (χ3v) is 12.6. The third kappa shape index (κ3) is 7.03. The molecule has 12 heteroatoms. The summed E-state index contributed by atoms with van der Waals surface area (Å²) in [5, 5.41) is 0.709. The molecule has 1 spiro atoms. The van der Waals surface area contributed by atoms with Gasteiger partial charge in [-0.3, -0.25) is 9.69 Å². The number of carbonyl (C=O) groups excluding carboxylic acids is 2. The van der Waals surface area contributed by atoms with Gasteiger partial charge >= 0.3 is 6.09 Å². The van der Waals surface area contributed by atoms with E-state index >= 15 is 0 Å². The molecule has 1 fully saturated rings. The maximum Gasteiger partial charge on any atom is 0.409 e. The molecule has 2 aliphatic heterocycles. The first-order valence-electron chi connectivity index (χ1n) is 17.4. The lowest BCUT2D eigenvalue weighted by atomic mass is 9.68. The standard InChI is InChI=1S/C37H49ClN4O6S/c1-6-18-42-19-8-10-32(48-35(44)40(4)5)29-14-11-26(29)22-41-23-37(17-7-9-25-20-27(38)12-15-30(25)37)24-47-33-16-13-28(21-31(33)41)49(45,46)39-34(43)36(42,2)3/h8,10,12-13,15-16,20-21,26,29,32H,6-7,9,11,14,17-19,22-24H2,1-5H3,(H,39,43)/b10-8+/t26-,29+,32-,37-/m0/s1. The normalized spacial score (nSPS) is 28.5. The highest BCUT2D eigenvalue weighted by Crippen LogP contribution is 2.47. The third-order valence-electron chi connectivity index (χ3n) is 11.0. The molecule has 0 radical (unpaired) electrons. The topological polar surface area (TPSA) is 108 Å². The van der Waals surface area contributed by atoms with Crippen molar-refractivity contribution >= 4 is 39.3 Å². The zero-order valence-electron chi connectivity index (χ0n) is 29.2. The predicted molar refractivity (Wildman–Crippen MR) is 191 cm³/mol. The number of sulfonamides is 1. The minimum atomic E-state index is -4.21. The Hall–Kier alpha value is -3.28. The van der Waals surface area contributed by atoms with Crippen LogP contribution in [0, 0.1) is 11.8 Å². The summed E-state index contributed by atoms with van der Waals surface area (Å²) in [4.78, 5) is 32.3. The molecule has 2 heterocycles. The lowest BCUT2D eigenvalue weighted by Crippen LogP contribution is -2.56. The van der Waals surface area contributed by atoms with E-state index in [1.54, 1.807) is 40.1 Å². The Balaban J connectivity index is 1.45. The Kier molecular flexibility index (Phi) is 10.0. The molecule has 1 saturated carbocycles. The van der Waals surface area contributed by atoms with Crippen LogP contribution in [0.15, 0.2) is 53.4 Å². The number of carbonyl (C=O) groups is 2. The summed E-state index contributed by atoms with van der Waals surface area (Å²) in [5.41, 5.74) is 1.62. The van der Waals surface area contributed by atoms with Gasteiger partial charge < -0.3 is 19.3 Å². The van der Waals surface area contributed by atoms with Gasteiger partial charge in [0, 0.05) is 50.1 Å². The van der Waals surface area contributed by atoms with Gasteiger partial charge in [-0.05, 0) is 112 Å². The molecule has 4 aliphatic rings. The summed E-state index contributed by atoms with van der Waals surface area (Å²) in [7, 11) is -0.854. The van der Waals surface area contributed by atoms with Crippen molar-refractivity contribution in [3.05, 3.63) is 64.7 Å². The Bertz CT molecular complexity index is 1730. The second-order valence-electron chi connectivity index (χ2n) is 14.8. The fourth-order valence-corrected chi connectivity index (χ4v) is 9.25. The number of nitrogens with zero attached hydrogens (tertiary/aromatic N) is 3. The smallest absolute Gasteiger partial charge is 0.409 e. The summed E-state index contributed by atoms with van der Waals surface area (Å²) < 4.78 is 42.8. The highest BCUT2D eigenvalue weighted by molar-refractivity contribution is 7.90. The molecule has 6 rings (SSSR count). The van der Waals surface area contributed by atoms with E-state index in [1.807, 2.05) is 30.0 Å². The molecule has 0 unspecified atom stereocenters. The van der Waals surface area contributed by atoms with Crippen molar-refractivity contribution in [2.75, 3.05) is 51.8 Å². The van der Waals surface area contributed by atoms with Crippen LogP contribution in [0.5, 0.6) is 5.75 Å². The number of hydrogen-bond acceptors (Lipinski definition) is 8. The second-order valence-corrected chi connectivity index (χ2v) is 17.0. The Morgan fingerprint density at radius 1 is 1.16 bits per heavy atom. The van der Waals surface area contributed by atoms with E-state index < -0.39 is 33.7 Å². The number of fused-ring (bicyclic) bond motifs is 4. The molecule has 1 N–H and O–H groups in total. The zero-order valence-corrected chi connectivity index (χ0v) is 30.8. The Labute approximate surface area is 295 Å². The number of aryl methyl sites for hydroxylation is 1. The molecular weight excluding hydrogens is 664 g/mol. The maximum atomic E-state index is 13.9. The van der Waals surface area contributed by atoms with Crippen LogP contribution in [-0.4, -0.2) is 88.7 Å². The van der Waals surface area contributed by atoms with Gasteiger partial charge in [0.2, 0.25) is 0 Å². The van der Waals surface area contributed by atoms with Gasteiger partial charge in [-0.25, -0.2) is 17.9 Å². The fourth-order valence-electron chi connectivity index (χ4n) is 7.93. The van der Waals surface area contributed by atoms with Crippen LogP contribution in [0.3, 0.4) is 0 Å². The quantitative estimate of drug-likeness (QED) is 0.400. The van der Waals surface area contributed by atoms with Crippen molar-refractivity contribution in [3.8, 4) is 5.75 Å². The molecule has 2 aromatic carbocycles. The monoisotopic (exact) mass is 712 g/mol. The Morgan fingerprint density at radius 3 is 2.67 bits per heavy atom. The molecule has 266 valence electrons. The fraction of sp³-hybridized carbons (Fsp3) is 0.568. The molecule has 2 amide bonds. The lowest BCUT2D eigenvalue weighted by Gasteiger charge is -2.46. The molecule has 0 saturated heterocycles. The summed E-state index contributed by atoms with van der Waals surface area (Å²) >= 11 is 6.44. The lowest BCUT2D eigenvalue weighted by molar-refractivity contribution is -0.129. The van der Waals surface area contributed by atoms with Crippen LogP contribution in [0.4, 0.5) is 10.5 Å². The minimum absolute atomic E-state index is 0.00718. The summed E-state index contributed by atoms with van der Waals surface area (Å²) in [6, 6.07) is 11.0. The average molecular weight is 713 g/mol. The average Bonchev–Trinajstić information content (AvgIpc) is 3.18. The van der Waals surface area contributed by atoms with Gasteiger partial charge in [0.25, 0.3) is 15.9 Å². The molecule has 2 aliphatic carbocycles. The molecule has 4 atom stereocenters. The van der Waals surface area contributed by atoms with Crippen molar-refractivity contribution in [3.63, 3.8) is 0 Å². The van der Waals surface area contributed by atoms with E-state index in [0.29, 0.717) is 49.2 Å². The maximum absolute atomic E-state index is 13.9. The van der Waals surface area contributed by atoms with Crippen LogP contribution in [0.2, 0.25) is 5.02 Å². The van der Waals surface area contributed by atoms with Gasteiger partial charge in [-0.15, -0.1) is 0 Å². The number of ether oxygens (including phenoxy) is 2. The molecule has 49 heavy (non-hydrogen) atoms. The van der Waals surface area contributed by atoms with Crippen LogP contribution in [0.1, 0.15) is 64.0 Å². The first-order chi connectivity index (χ1) is 23.2. The van der Waals surface area contributed by atoms with Crippen molar-refractivity contribution in [2.45, 2.75) is 81.2 Å². The first-order valence-corrected chi connectivity index (χ1v) is 19.3. The summed E-state index contributed by atoms with van der Waals surface area (Å²) in [6.45, 7) is 8.12. The van der Waals surface area contributed by atoms with E-state index in [0.717, 1.165) is 38.5 Å². The SMILES string of the molecule is CCCN1C/C=C/[C@H](OC(=O)N(C)C)[C@@H]2CC[C@H]2CN2C[C@@]3(CCCc4cc(Cl)ccc43)COc3ccc(cc32)S(=O)(=O)NC(=O)C1(C)C. The van der Waals surface area contributed by atoms with E-state index in [2.05, 4.69) is 21.8 Å². The number of benzene rings is 2. The molecule has 2 bridgehead atoms. The van der Waals surface area contributed by atoms with E-state index in [1.165, 1.54) is 22.1 Å². The van der Waals surface area contributed by atoms with Gasteiger partial charge in [0.05, 0.1) is 22.7 Å².